The van der Waals surface area contributed by atoms with Crippen molar-refractivity contribution < 1.29 is 27.1 Å². The first-order chi connectivity index (χ1) is 13.9. The topological polar surface area (TPSA) is 69.6 Å². The number of rotatable bonds is 7. The molecular weight excluding hydrogens is 400 g/mol. The first kappa shape index (κ1) is 23.2. The van der Waals surface area contributed by atoms with Gasteiger partial charge in [-0.15, -0.1) is 0 Å². The Balaban J connectivity index is 0.00000320. The average molecular weight is 426 g/mol. The van der Waals surface area contributed by atoms with E-state index in [2.05, 4.69) is 52.8 Å². The van der Waals surface area contributed by atoms with Crippen LogP contribution in [0.2, 0.25) is 0 Å². The van der Waals surface area contributed by atoms with Crippen LogP contribution in [0.3, 0.4) is 0 Å². The lowest BCUT2D eigenvalue weighted by atomic mass is 9.93. The molecule has 0 radical (unpaired) electrons. The Hall–Kier alpha value is -3.05. The van der Waals surface area contributed by atoms with Gasteiger partial charge in [-0.3, -0.25) is 9.59 Å². The summed E-state index contributed by atoms with van der Waals surface area (Å²) in [5.74, 6) is -1.35. The van der Waals surface area contributed by atoms with Gasteiger partial charge in [0, 0.05) is 37.0 Å². The van der Waals surface area contributed by atoms with E-state index in [4.69, 9.17) is 5.11 Å². The summed E-state index contributed by atoms with van der Waals surface area (Å²) in [6.45, 7) is 1.61. The van der Waals surface area contributed by atoms with Gasteiger partial charge in [-0.2, -0.15) is 0 Å². The fraction of sp³-hybridized carbons (Fsp3) is 0.250. The second kappa shape index (κ2) is 10.6. The zero-order chi connectivity index (χ0) is 20.8. The summed E-state index contributed by atoms with van der Waals surface area (Å²) >= 11 is 0. The third kappa shape index (κ3) is 5.97. The number of allylic oxidation sites excluding steroid dienone is 2. The summed E-state index contributed by atoms with van der Waals surface area (Å²) in [6.07, 6.45) is 9.03. The maximum Gasteiger partial charge on any atom is 0.306 e. The van der Waals surface area contributed by atoms with Gasteiger partial charge in [-0.1, -0.05) is 55.5 Å². The normalized spacial score (nSPS) is 15.9. The van der Waals surface area contributed by atoms with Crippen molar-refractivity contribution in [2.75, 3.05) is 17.3 Å². The molecule has 5 nitrogen and oxygen atoms in total. The van der Waals surface area contributed by atoms with Gasteiger partial charge in [0.05, 0.1) is 5.92 Å². The summed E-state index contributed by atoms with van der Waals surface area (Å²) in [6, 6.07) is 16.0. The number of halogens is 1. The molecule has 30 heavy (non-hydrogen) atoms. The molecule has 1 unspecified atom stereocenters. The number of benzene rings is 2. The number of amides is 1. The maximum atomic E-state index is 12.0. The molecule has 2 aromatic rings. The fourth-order valence-corrected chi connectivity index (χ4v) is 3.25. The largest absolute Gasteiger partial charge is 1.00 e. The second-order valence-electron chi connectivity index (χ2n) is 7.34. The van der Waals surface area contributed by atoms with Gasteiger partial charge in [0.2, 0.25) is 5.91 Å². The lowest BCUT2D eigenvalue weighted by Crippen LogP contribution is -3.00. The number of fused-ring (bicyclic) bond motifs is 1. The number of carboxylic acids is 1. The van der Waals surface area contributed by atoms with E-state index in [-0.39, 0.29) is 30.7 Å². The van der Waals surface area contributed by atoms with E-state index in [0.717, 1.165) is 5.56 Å². The van der Waals surface area contributed by atoms with Gasteiger partial charge in [0.15, 0.2) is 0 Å². The zero-order valence-electron chi connectivity index (χ0n) is 17.1. The van der Waals surface area contributed by atoms with Crippen molar-refractivity contribution in [3.8, 4) is 0 Å². The Morgan fingerprint density at radius 1 is 1.17 bits per heavy atom. The van der Waals surface area contributed by atoms with Crippen molar-refractivity contribution in [3.05, 3.63) is 78.0 Å². The molecule has 0 saturated heterocycles. The minimum Gasteiger partial charge on any atom is -1.00 e. The predicted octanol–water partition coefficient (Wildman–Crippen LogP) is 1.89. The zero-order valence-corrected chi connectivity index (χ0v) is 17.8. The van der Waals surface area contributed by atoms with Gasteiger partial charge < -0.3 is 27.7 Å². The van der Waals surface area contributed by atoms with Crippen molar-refractivity contribution >= 4 is 29.3 Å². The number of hydrogen-bond donors (Lipinski definition) is 2. The average Bonchev–Trinajstić information content (AvgIpc) is 2.72. The highest BCUT2D eigenvalue weighted by Gasteiger charge is 2.16. The van der Waals surface area contributed by atoms with E-state index in [0.29, 0.717) is 12.1 Å². The van der Waals surface area contributed by atoms with E-state index < -0.39 is 11.9 Å². The van der Waals surface area contributed by atoms with Crippen LogP contribution in [0.5, 0.6) is 0 Å². The van der Waals surface area contributed by atoms with Gasteiger partial charge >= 0.3 is 5.97 Å². The van der Waals surface area contributed by atoms with Crippen LogP contribution in [0, 0.1) is 5.92 Å². The minimum absolute atomic E-state index is 0. The van der Waals surface area contributed by atoms with Crippen molar-refractivity contribution in [1.29, 1.82) is 0 Å². The van der Waals surface area contributed by atoms with E-state index in [1.807, 2.05) is 37.4 Å². The number of carboxylic acid groups (broad SMARTS) is 1. The van der Waals surface area contributed by atoms with E-state index >= 15 is 0 Å². The molecule has 3 rings (SSSR count). The predicted molar refractivity (Wildman–Crippen MR) is 117 cm³/mol. The van der Waals surface area contributed by atoms with Crippen LogP contribution in [0.4, 0.5) is 11.4 Å². The number of para-hydroxylation sites is 1. The molecule has 0 spiro atoms. The number of nitrogens with zero attached hydrogens (tertiary/aromatic N) is 1. The standard InChI is InChI=1S/C24H26N2O3.ClH/c1-17(24(28)29)7-14-23(27)25-20-12-9-18(10-13-20)8-11-19-15-16-26(2)22-6-4-3-5-21(19)22;/h3-6,8-13,15-17,19H,7,14H2,1-2H3,(H,25,27)(H,28,29);1H/p-1/b11-8+;/t17-,19?;/m1./s1. The Morgan fingerprint density at radius 3 is 2.57 bits per heavy atom. The third-order valence-electron chi connectivity index (χ3n) is 5.11. The van der Waals surface area contributed by atoms with Crippen molar-refractivity contribution in [1.82, 2.24) is 0 Å². The number of anilines is 2. The molecule has 2 atom stereocenters. The SMILES string of the molecule is C[C@H](CCC(=O)Nc1ccc(/C=C/C2C=CN(C)c3ccccc32)cc1)C(=O)O.[Cl-]. The molecule has 0 aliphatic carbocycles. The quantitative estimate of drug-likeness (QED) is 0.710. The highest BCUT2D eigenvalue weighted by Crippen LogP contribution is 2.33. The number of nitrogens with one attached hydrogen (secondary N) is 1. The van der Waals surface area contributed by atoms with Crippen LogP contribution in [-0.4, -0.2) is 24.0 Å². The van der Waals surface area contributed by atoms with E-state index in [1.165, 1.54) is 11.3 Å². The number of aliphatic carboxylic acids is 1. The summed E-state index contributed by atoms with van der Waals surface area (Å²) in [7, 11) is 2.05. The maximum absolute atomic E-state index is 12.0. The highest BCUT2D eigenvalue weighted by atomic mass is 35.5. The van der Waals surface area contributed by atoms with Crippen LogP contribution in [0.1, 0.15) is 36.8 Å². The van der Waals surface area contributed by atoms with Crippen LogP contribution in [-0.2, 0) is 9.59 Å². The molecule has 6 heteroatoms. The van der Waals surface area contributed by atoms with Crippen molar-refractivity contribution in [3.63, 3.8) is 0 Å². The molecular formula is C24H26ClN2O3-. The minimum atomic E-state index is -0.879. The first-order valence-electron chi connectivity index (χ1n) is 9.75. The lowest BCUT2D eigenvalue weighted by molar-refractivity contribution is -0.141. The van der Waals surface area contributed by atoms with Crippen LogP contribution in [0.15, 0.2) is 66.9 Å². The van der Waals surface area contributed by atoms with Crippen LogP contribution >= 0.6 is 0 Å². The Labute approximate surface area is 183 Å². The summed E-state index contributed by atoms with van der Waals surface area (Å²) in [5, 5.41) is 11.7. The molecule has 2 aromatic carbocycles. The van der Waals surface area contributed by atoms with E-state index in [9.17, 15) is 9.59 Å². The van der Waals surface area contributed by atoms with Crippen LogP contribution in [0.25, 0.3) is 6.08 Å². The number of hydrogen-bond acceptors (Lipinski definition) is 3. The third-order valence-corrected chi connectivity index (χ3v) is 5.11. The summed E-state index contributed by atoms with van der Waals surface area (Å²) in [4.78, 5) is 24.9. The van der Waals surface area contributed by atoms with Gasteiger partial charge in [-0.05, 0) is 35.7 Å². The number of carbonyl (C=O) groups excluding carboxylic acids is 1. The molecule has 1 heterocycles. The molecule has 1 aliphatic rings. The Kier molecular flexibility index (Phi) is 8.25. The lowest BCUT2D eigenvalue weighted by Gasteiger charge is -2.26. The fourth-order valence-electron chi connectivity index (χ4n) is 3.25. The molecule has 2 N–H and O–H groups in total. The smallest absolute Gasteiger partial charge is 0.306 e. The molecule has 0 bridgehead atoms. The van der Waals surface area contributed by atoms with Gasteiger partial charge in [-0.25, -0.2) is 0 Å². The molecule has 0 fully saturated rings. The Bertz CT molecular complexity index is 938. The molecule has 1 aliphatic heterocycles. The monoisotopic (exact) mass is 425 g/mol. The molecule has 1 amide bonds. The van der Waals surface area contributed by atoms with Crippen molar-refractivity contribution in [2.45, 2.75) is 25.7 Å². The summed E-state index contributed by atoms with van der Waals surface area (Å²) in [5.41, 5.74) is 4.24. The molecule has 0 aromatic heterocycles. The van der Waals surface area contributed by atoms with Crippen molar-refractivity contribution in [2.24, 2.45) is 5.92 Å². The first-order valence-corrected chi connectivity index (χ1v) is 9.75. The van der Waals surface area contributed by atoms with Crippen LogP contribution < -0.4 is 22.6 Å². The summed E-state index contributed by atoms with van der Waals surface area (Å²) < 4.78 is 0. The Morgan fingerprint density at radius 2 is 1.87 bits per heavy atom. The highest BCUT2D eigenvalue weighted by molar-refractivity contribution is 5.91. The second-order valence-corrected chi connectivity index (χ2v) is 7.34. The molecule has 0 saturated carbocycles. The molecule has 158 valence electrons. The van der Waals surface area contributed by atoms with E-state index in [1.54, 1.807) is 6.92 Å². The van der Waals surface area contributed by atoms with Gasteiger partial charge in [0.1, 0.15) is 0 Å². The number of carbonyl (C=O) groups is 2. The van der Waals surface area contributed by atoms with Gasteiger partial charge in [0.25, 0.3) is 0 Å².